The number of carbonyl (C=O) groups excluding carboxylic acids is 1. The third-order valence-electron chi connectivity index (χ3n) is 2.60. The van der Waals surface area contributed by atoms with E-state index in [1.807, 2.05) is 6.92 Å². The summed E-state index contributed by atoms with van der Waals surface area (Å²) < 4.78 is 0. The van der Waals surface area contributed by atoms with Crippen LogP contribution in [0.15, 0.2) is 0 Å². The van der Waals surface area contributed by atoms with Crippen molar-refractivity contribution in [3.8, 4) is 0 Å². The summed E-state index contributed by atoms with van der Waals surface area (Å²) in [5.74, 6) is -0.522. The van der Waals surface area contributed by atoms with Crippen molar-refractivity contribution in [1.82, 2.24) is 5.32 Å². The molecule has 0 saturated heterocycles. The zero-order valence-electron chi connectivity index (χ0n) is 8.70. The van der Waals surface area contributed by atoms with E-state index in [0.717, 1.165) is 25.7 Å². The molecule has 1 amide bonds. The molecule has 1 aliphatic rings. The largest absolute Gasteiger partial charge is 0.395 e. The van der Waals surface area contributed by atoms with Crippen LogP contribution < -0.4 is 11.1 Å². The highest BCUT2D eigenvalue weighted by molar-refractivity contribution is 5.80. The Labute approximate surface area is 84.9 Å². The van der Waals surface area contributed by atoms with Crippen molar-refractivity contribution in [3.05, 3.63) is 0 Å². The Balaban J connectivity index is 2.37. The monoisotopic (exact) mass is 200 g/mol. The molecule has 1 saturated carbocycles. The third-order valence-corrected chi connectivity index (χ3v) is 2.60. The van der Waals surface area contributed by atoms with E-state index in [1.165, 1.54) is 0 Å². The summed E-state index contributed by atoms with van der Waals surface area (Å²) in [6, 6.07) is 0.120. The summed E-state index contributed by atoms with van der Waals surface area (Å²) in [6.07, 6.45) is 3.84. The third kappa shape index (κ3) is 3.27. The van der Waals surface area contributed by atoms with Gasteiger partial charge in [0.1, 0.15) is 0 Å². The van der Waals surface area contributed by atoms with Crippen LogP contribution in [0.5, 0.6) is 0 Å². The molecule has 14 heavy (non-hydrogen) atoms. The molecule has 82 valence electrons. The number of aliphatic hydroxyl groups excluding tert-OH is 1. The fraction of sp³-hybridized carbons (Fsp3) is 0.900. The van der Waals surface area contributed by atoms with Crippen LogP contribution in [-0.4, -0.2) is 29.7 Å². The summed E-state index contributed by atoms with van der Waals surface area (Å²) >= 11 is 0. The fourth-order valence-electron chi connectivity index (χ4n) is 1.48. The second-order valence-electron chi connectivity index (χ2n) is 4.02. The van der Waals surface area contributed by atoms with E-state index in [2.05, 4.69) is 5.32 Å². The van der Waals surface area contributed by atoms with Gasteiger partial charge < -0.3 is 16.2 Å². The van der Waals surface area contributed by atoms with E-state index >= 15 is 0 Å². The molecule has 1 rings (SSSR count). The molecule has 2 atom stereocenters. The number of carbonyl (C=O) groups is 1. The smallest absolute Gasteiger partial charge is 0.227 e. The van der Waals surface area contributed by atoms with Gasteiger partial charge in [-0.2, -0.15) is 0 Å². The van der Waals surface area contributed by atoms with Gasteiger partial charge in [0.15, 0.2) is 0 Å². The zero-order chi connectivity index (χ0) is 10.6. The lowest BCUT2D eigenvalue weighted by Crippen LogP contribution is -2.44. The molecule has 0 unspecified atom stereocenters. The molecule has 0 bridgehead atoms. The van der Waals surface area contributed by atoms with Gasteiger partial charge in [-0.1, -0.05) is 13.3 Å². The Morgan fingerprint density at radius 1 is 1.64 bits per heavy atom. The molecule has 0 aromatic carbocycles. The normalized spacial score (nSPS) is 20.2. The number of hydrogen-bond acceptors (Lipinski definition) is 3. The maximum Gasteiger partial charge on any atom is 0.227 e. The maximum absolute atomic E-state index is 11.6. The predicted octanol–water partition coefficient (Wildman–Crippen LogP) is 0.000900. The zero-order valence-corrected chi connectivity index (χ0v) is 8.70. The average Bonchev–Trinajstić information content (AvgIpc) is 2.90. The number of nitrogens with one attached hydrogen (secondary N) is 1. The first-order chi connectivity index (χ1) is 6.69. The van der Waals surface area contributed by atoms with Gasteiger partial charge in [-0.25, -0.2) is 0 Å². The highest BCUT2D eigenvalue weighted by Gasteiger charge is 2.29. The van der Waals surface area contributed by atoms with Crippen LogP contribution in [0.1, 0.15) is 32.6 Å². The highest BCUT2D eigenvalue weighted by atomic mass is 16.3. The summed E-state index contributed by atoms with van der Waals surface area (Å²) in [5, 5.41) is 12.0. The van der Waals surface area contributed by atoms with Crippen LogP contribution in [0.25, 0.3) is 0 Å². The van der Waals surface area contributed by atoms with Crippen LogP contribution in [0.4, 0.5) is 0 Å². The van der Waals surface area contributed by atoms with Gasteiger partial charge in [0.2, 0.25) is 5.91 Å². The standard InChI is InChI=1S/C10H20N2O2/c1-2-3-9(11)8(6-13)10(14)12-7-4-5-7/h7-9,13H,2-6,11H2,1H3,(H,12,14)/t8-,9+/m1/s1. The molecule has 0 spiro atoms. The minimum atomic E-state index is -0.435. The van der Waals surface area contributed by atoms with Crippen LogP contribution in [0.3, 0.4) is 0 Å². The van der Waals surface area contributed by atoms with E-state index in [1.54, 1.807) is 0 Å². The van der Waals surface area contributed by atoms with Gasteiger partial charge in [-0.3, -0.25) is 4.79 Å². The number of rotatable bonds is 6. The van der Waals surface area contributed by atoms with Crippen molar-refractivity contribution in [2.24, 2.45) is 11.7 Å². The van der Waals surface area contributed by atoms with Crippen LogP contribution in [0, 0.1) is 5.92 Å². The Bertz CT molecular complexity index is 193. The average molecular weight is 200 g/mol. The second-order valence-corrected chi connectivity index (χ2v) is 4.02. The molecular weight excluding hydrogens is 180 g/mol. The van der Waals surface area contributed by atoms with E-state index in [9.17, 15) is 4.79 Å². The minimum absolute atomic E-state index is 0.0871. The molecule has 0 heterocycles. The Kier molecular flexibility index (Phi) is 4.35. The molecule has 4 N–H and O–H groups in total. The van der Waals surface area contributed by atoms with Crippen molar-refractivity contribution >= 4 is 5.91 Å². The van der Waals surface area contributed by atoms with Crippen LogP contribution in [0.2, 0.25) is 0 Å². The topological polar surface area (TPSA) is 75.3 Å². The van der Waals surface area contributed by atoms with Gasteiger partial charge in [-0.15, -0.1) is 0 Å². The van der Waals surface area contributed by atoms with Gasteiger partial charge in [0.05, 0.1) is 12.5 Å². The Hall–Kier alpha value is -0.610. The SMILES string of the molecule is CCC[C@H](N)[C@@H](CO)C(=O)NC1CC1. The highest BCUT2D eigenvalue weighted by Crippen LogP contribution is 2.19. The molecular formula is C10H20N2O2. The van der Waals surface area contributed by atoms with Crippen LogP contribution >= 0.6 is 0 Å². The molecule has 1 fully saturated rings. The van der Waals surface area contributed by atoms with E-state index < -0.39 is 5.92 Å². The quantitative estimate of drug-likeness (QED) is 0.565. The first-order valence-corrected chi connectivity index (χ1v) is 5.35. The number of amides is 1. The molecule has 0 aromatic heterocycles. The lowest BCUT2D eigenvalue weighted by molar-refractivity contribution is -0.127. The molecule has 4 nitrogen and oxygen atoms in total. The van der Waals surface area contributed by atoms with Crippen molar-refractivity contribution in [2.75, 3.05) is 6.61 Å². The van der Waals surface area contributed by atoms with E-state index in [0.29, 0.717) is 6.04 Å². The lowest BCUT2D eigenvalue weighted by atomic mass is 9.96. The van der Waals surface area contributed by atoms with Crippen LogP contribution in [-0.2, 0) is 4.79 Å². The first kappa shape index (κ1) is 11.5. The molecule has 0 radical (unpaired) electrons. The van der Waals surface area contributed by atoms with Crippen molar-refractivity contribution in [1.29, 1.82) is 0 Å². The molecule has 0 aromatic rings. The summed E-state index contributed by atoms with van der Waals surface area (Å²) in [6.45, 7) is 1.87. The summed E-state index contributed by atoms with van der Waals surface area (Å²) in [5.41, 5.74) is 5.82. The van der Waals surface area contributed by atoms with E-state index in [-0.39, 0.29) is 18.6 Å². The first-order valence-electron chi connectivity index (χ1n) is 5.35. The number of hydrogen-bond donors (Lipinski definition) is 3. The summed E-state index contributed by atoms with van der Waals surface area (Å²) in [7, 11) is 0. The molecule has 0 aliphatic heterocycles. The van der Waals surface area contributed by atoms with Gasteiger partial charge in [0.25, 0.3) is 0 Å². The maximum atomic E-state index is 11.6. The molecule has 1 aliphatic carbocycles. The van der Waals surface area contributed by atoms with Crippen molar-refractivity contribution in [2.45, 2.75) is 44.7 Å². The minimum Gasteiger partial charge on any atom is -0.395 e. The summed E-state index contributed by atoms with van der Waals surface area (Å²) in [4.78, 5) is 11.6. The fourth-order valence-corrected chi connectivity index (χ4v) is 1.48. The number of nitrogens with two attached hydrogens (primary N) is 1. The second kappa shape index (κ2) is 5.32. The van der Waals surface area contributed by atoms with Crippen molar-refractivity contribution < 1.29 is 9.90 Å². The lowest BCUT2D eigenvalue weighted by Gasteiger charge is -2.20. The van der Waals surface area contributed by atoms with Gasteiger partial charge in [0, 0.05) is 12.1 Å². The number of aliphatic hydroxyl groups is 1. The molecule has 4 heteroatoms. The Morgan fingerprint density at radius 3 is 2.71 bits per heavy atom. The Morgan fingerprint density at radius 2 is 2.29 bits per heavy atom. The van der Waals surface area contributed by atoms with Crippen molar-refractivity contribution in [3.63, 3.8) is 0 Å². The van der Waals surface area contributed by atoms with E-state index in [4.69, 9.17) is 10.8 Å². The predicted molar refractivity (Wildman–Crippen MR) is 54.6 cm³/mol. The van der Waals surface area contributed by atoms with Gasteiger partial charge in [-0.05, 0) is 19.3 Å². The van der Waals surface area contributed by atoms with Gasteiger partial charge >= 0.3 is 0 Å².